The van der Waals surface area contributed by atoms with E-state index in [9.17, 15) is 4.79 Å². The molecule has 2 aromatic rings. The van der Waals surface area contributed by atoms with Crippen LogP contribution in [0.2, 0.25) is 0 Å². The molecule has 1 unspecified atom stereocenters. The molecule has 0 bridgehead atoms. The predicted octanol–water partition coefficient (Wildman–Crippen LogP) is 3.43. The third-order valence-corrected chi connectivity index (χ3v) is 4.43. The fourth-order valence-corrected chi connectivity index (χ4v) is 3.02. The quantitative estimate of drug-likeness (QED) is 0.941. The molecule has 2 rings (SSSR count). The fourth-order valence-electron chi connectivity index (χ4n) is 2.00. The van der Waals surface area contributed by atoms with Crippen LogP contribution >= 0.6 is 11.3 Å². The molecule has 3 nitrogen and oxygen atoms in total. The topological polar surface area (TPSA) is 56.0 Å². The first kappa shape index (κ1) is 15.9. The van der Waals surface area contributed by atoms with Crippen molar-refractivity contribution in [2.75, 3.05) is 0 Å². The van der Waals surface area contributed by atoms with Gasteiger partial charge < -0.3 is 5.73 Å². The van der Waals surface area contributed by atoms with E-state index in [1.165, 1.54) is 11.3 Å². The van der Waals surface area contributed by atoms with Crippen LogP contribution in [0, 0.1) is 0 Å². The Kier molecular flexibility index (Phi) is 4.30. The lowest BCUT2D eigenvalue weighted by molar-refractivity contribution is -0.123. The van der Waals surface area contributed by atoms with Gasteiger partial charge in [-0.25, -0.2) is 4.98 Å². The third-order valence-electron chi connectivity index (χ3n) is 3.58. The Balaban J connectivity index is 2.16. The number of hydrogen-bond acceptors (Lipinski definition) is 4. The average Bonchev–Trinajstić information content (AvgIpc) is 2.88. The zero-order valence-electron chi connectivity index (χ0n) is 13.0. The maximum absolute atomic E-state index is 12.5. The van der Waals surface area contributed by atoms with Crippen molar-refractivity contribution in [3.8, 4) is 0 Å². The highest BCUT2D eigenvalue weighted by atomic mass is 32.1. The van der Waals surface area contributed by atoms with E-state index in [-0.39, 0.29) is 17.6 Å². The van der Waals surface area contributed by atoms with Crippen LogP contribution < -0.4 is 5.73 Å². The molecule has 21 heavy (non-hydrogen) atoms. The molecular formula is C17H22N2OS. The summed E-state index contributed by atoms with van der Waals surface area (Å²) < 4.78 is 0. The van der Waals surface area contributed by atoms with E-state index in [0.717, 1.165) is 16.3 Å². The Morgan fingerprint density at radius 2 is 1.81 bits per heavy atom. The summed E-state index contributed by atoms with van der Waals surface area (Å²) in [7, 11) is 0. The molecule has 0 spiro atoms. The van der Waals surface area contributed by atoms with Crippen LogP contribution in [0.1, 0.15) is 44.0 Å². The predicted molar refractivity (Wildman–Crippen MR) is 87.5 cm³/mol. The van der Waals surface area contributed by atoms with Gasteiger partial charge in [-0.15, -0.1) is 11.3 Å². The van der Waals surface area contributed by atoms with Crippen LogP contribution in [-0.4, -0.2) is 10.8 Å². The number of benzene rings is 1. The second-order valence-electron chi connectivity index (χ2n) is 6.54. The molecule has 0 saturated carbocycles. The standard InChI is InChI=1S/C17H22N2OS/c1-16(2,3)13-11-21-15(19-13)10-14(20)17(4,18)12-8-6-5-7-9-12/h5-9,11H,10,18H2,1-4H3. The second kappa shape index (κ2) is 5.70. The van der Waals surface area contributed by atoms with E-state index < -0.39 is 5.54 Å². The van der Waals surface area contributed by atoms with E-state index in [1.54, 1.807) is 6.92 Å². The van der Waals surface area contributed by atoms with Gasteiger partial charge in [0, 0.05) is 10.8 Å². The second-order valence-corrected chi connectivity index (χ2v) is 7.49. The Hall–Kier alpha value is -1.52. The molecule has 1 atom stereocenters. The van der Waals surface area contributed by atoms with Gasteiger partial charge in [0.05, 0.1) is 17.7 Å². The van der Waals surface area contributed by atoms with Crippen molar-refractivity contribution in [1.29, 1.82) is 0 Å². The van der Waals surface area contributed by atoms with Crippen LogP contribution in [0.15, 0.2) is 35.7 Å². The van der Waals surface area contributed by atoms with Gasteiger partial charge >= 0.3 is 0 Å². The molecule has 0 amide bonds. The number of nitrogens with two attached hydrogens (primary N) is 1. The van der Waals surface area contributed by atoms with Crippen LogP contribution in [-0.2, 0) is 22.2 Å². The van der Waals surface area contributed by atoms with Gasteiger partial charge in [-0.3, -0.25) is 4.79 Å². The molecule has 2 N–H and O–H groups in total. The number of aromatic nitrogens is 1. The molecule has 0 aliphatic rings. The molecule has 0 aliphatic carbocycles. The summed E-state index contributed by atoms with van der Waals surface area (Å²) in [6, 6.07) is 9.49. The van der Waals surface area contributed by atoms with Gasteiger partial charge in [0.1, 0.15) is 5.01 Å². The Labute approximate surface area is 130 Å². The zero-order chi connectivity index (χ0) is 15.7. The molecular weight excluding hydrogens is 280 g/mol. The minimum absolute atomic E-state index is 0.00322. The van der Waals surface area contributed by atoms with Crippen molar-refractivity contribution >= 4 is 17.1 Å². The van der Waals surface area contributed by atoms with Crippen molar-refractivity contribution in [3.63, 3.8) is 0 Å². The number of rotatable bonds is 4. The fraction of sp³-hybridized carbons (Fsp3) is 0.412. The summed E-state index contributed by atoms with van der Waals surface area (Å²) >= 11 is 1.53. The van der Waals surface area contributed by atoms with E-state index >= 15 is 0 Å². The van der Waals surface area contributed by atoms with Crippen molar-refractivity contribution in [1.82, 2.24) is 4.98 Å². The van der Waals surface area contributed by atoms with Crippen LogP contribution in [0.4, 0.5) is 0 Å². The van der Waals surface area contributed by atoms with Crippen LogP contribution in [0.3, 0.4) is 0 Å². The lowest BCUT2D eigenvalue weighted by atomic mass is 9.87. The number of carbonyl (C=O) groups is 1. The van der Waals surface area contributed by atoms with Crippen LogP contribution in [0.5, 0.6) is 0 Å². The number of hydrogen-bond donors (Lipinski definition) is 1. The minimum Gasteiger partial charge on any atom is -0.315 e. The van der Waals surface area contributed by atoms with Crippen LogP contribution in [0.25, 0.3) is 0 Å². The number of Topliss-reactive ketones (excluding diaryl/α,β-unsaturated/α-hetero) is 1. The number of ketones is 1. The van der Waals surface area contributed by atoms with E-state index in [2.05, 4.69) is 25.8 Å². The smallest absolute Gasteiger partial charge is 0.163 e. The maximum atomic E-state index is 12.5. The Morgan fingerprint density at radius 3 is 2.33 bits per heavy atom. The van der Waals surface area contributed by atoms with Gasteiger partial charge in [0.2, 0.25) is 0 Å². The first-order valence-corrected chi connectivity index (χ1v) is 7.92. The lowest BCUT2D eigenvalue weighted by Crippen LogP contribution is -2.42. The van der Waals surface area contributed by atoms with Crippen molar-refractivity contribution in [2.45, 2.75) is 45.1 Å². The van der Waals surface area contributed by atoms with Crippen molar-refractivity contribution in [3.05, 3.63) is 52.0 Å². The number of nitrogens with zero attached hydrogens (tertiary/aromatic N) is 1. The first-order valence-electron chi connectivity index (χ1n) is 7.04. The van der Waals surface area contributed by atoms with Crippen molar-refractivity contribution < 1.29 is 4.79 Å². The van der Waals surface area contributed by atoms with E-state index in [4.69, 9.17) is 5.73 Å². The largest absolute Gasteiger partial charge is 0.315 e. The van der Waals surface area contributed by atoms with Gasteiger partial charge in [-0.05, 0) is 12.5 Å². The molecule has 0 fully saturated rings. The highest BCUT2D eigenvalue weighted by Crippen LogP contribution is 2.26. The molecule has 0 aliphatic heterocycles. The van der Waals surface area contributed by atoms with Gasteiger partial charge in [-0.1, -0.05) is 51.1 Å². The minimum atomic E-state index is -0.977. The van der Waals surface area contributed by atoms with Gasteiger partial charge in [0.25, 0.3) is 0 Å². The molecule has 112 valence electrons. The molecule has 0 radical (unpaired) electrons. The monoisotopic (exact) mass is 302 g/mol. The molecule has 1 aromatic heterocycles. The first-order chi connectivity index (χ1) is 9.71. The molecule has 0 saturated heterocycles. The normalized spacial score (nSPS) is 14.7. The summed E-state index contributed by atoms with van der Waals surface area (Å²) in [6.45, 7) is 8.11. The summed E-state index contributed by atoms with van der Waals surface area (Å²) in [5.41, 5.74) is 7.13. The third kappa shape index (κ3) is 3.57. The average molecular weight is 302 g/mol. The lowest BCUT2D eigenvalue weighted by Gasteiger charge is -2.23. The summed E-state index contributed by atoms with van der Waals surface area (Å²) in [5.74, 6) is -0.0106. The molecule has 1 heterocycles. The molecule has 4 heteroatoms. The van der Waals surface area contributed by atoms with E-state index in [0.29, 0.717) is 0 Å². The van der Waals surface area contributed by atoms with Gasteiger partial charge in [-0.2, -0.15) is 0 Å². The highest BCUT2D eigenvalue weighted by Gasteiger charge is 2.31. The SMILES string of the molecule is CC(C)(C)c1csc(CC(=O)C(C)(N)c2ccccc2)n1. The summed E-state index contributed by atoms with van der Waals surface area (Å²) in [5, 5.41) is 2.86. The maximum Gasteiger partial charge on any atom is 0.163 e. The van der Waals surface area contributed by atoms with E-state index in [1.807, 2.05) is 35.7 Å². The Morgan fingerprint density at radius 1 is 1.19 bits per heavy atom. The highest BCUT2D eigenvalue weighted by molar-refractivity contribution is 7.09. The Bertz CT molecular complexity index is 624. The zero-order valence-corrected chi connectivity index (χ0v) is 13.8. The number of carbonyl (C=O) groups excluding carboxylic acids is 1. The van der Waals surface area contributed by atoms with Crippen molar-refractivity contribution in [2.24, 2.45) is 5.73 Å². The summed E-state index contributed by atoms with van der Waals surface area (Å²) in [4.78, 5) is 17.1. The molecule has 1 aromatic carbocycles. The van der Waals surface area contributed by atoms with Gasteiger partial charge in [0.15, 0.2) is 5.78 Å². The summed E-state index contributed by atoms with van der Waals surface area (Å²) in [6.07, 6.45) is 0.280. The number of thiazole rings is 1.